The molecule has 4 nitrogen and oxygen atoms in total. The van der Waals surface area contributed by atoms with E-state index in [0.29, 0.717) is 17.3 Å². The Balaban J connectivity index is 1.96. The zero-order chi connectivity index (χ0) is 14.4. The van der Waals surface area contributed by atoms with Gasteiger partial charge in [-0.1, -0.05) is 23.2 Å². The lowest BCUT2D eigenvalue weighted by Gasteiger charge is -2.21. The summed E-state index contributed by atoms with van der Waals surface area (Å²) in [5, 5.41) is 0.612. The molecule has 6 heteroatoms. The highest BCUT2D eigenvalue weighted by Gasteiger charge is 2.41. The maximum atomic E-state index is 12.1. The van der Waals surface area contributed by atoms with Gasteiger partial charge in [-0.25, -0.2) is 0 Å². The number of hydrogen-bond acceptors (Lipinski definition) is 3. The molecule has 0 radical (unpaired) electrons. The van der Waals surface area contributed by atoms with Crippen molar-refractivity contribution in [1.82, 2.24) is 0 Å². The fraction of sp³-hybridized carbons (Fsp3) is 0.429. The Kier molecular flexibility index (Phi) is 3.48. The predicted octanol–water partition coefficient (Wildman–Crippen LogP) is 3.09. The fourth-order valence-electron chi connectivity index (χ4n) is 2.75. The van der Waals surface area contributed by atoms with Crippen molar-refractivity contribution in [3.8, 4) is 0 Å². The van der Waals surface area contributed by atoms with E-state index in [4.69, 9.17) is 27.9 Å². The van der Waals surface area contributed by atoms with Crippen molar-refractivity contribution in [3.05, 3.63) is 27.7 Å². The maximum absolute atomic E-state index is 12.1. The summed E-state index contributed by atoms with van der Waals surface area (Å²) in [6.45, 7) is 2.33. The Hall–Kier alpha value is -1.10. The minimum absolute atomic E-state index is 0.0669. The number of anilines is 1. The van der Waals surface area contributed by atoms with Gasteiger partial charge in [-0.05, 0) is 31.9 Å². The second kappa shape index (κ2) is 5.02. The van der Waals surface area contributed by atoms with E-state index in [1.165, 1.54) is 11.0 Å². The third-order valence-electron chi connectivity index (χ3n) is 3.72. The van der Waals surface area contributed by atoms with Crippen molar-refractivity contribution in [3.63, 3.8) is 0 Å². The molecule has 106 valence electrons. The van der Waals surface area contributed by atoms with Gasteiger partial charge in [0.15, 0.2) is 0 Å². The average molecular weight is 314 g/mol. The largest absolute Gasteiger partial charge is 0.373 e. The van der Waals surface area contributed by atoms with E-state index < -0.39 is 11.7 Å². The van der Waals surface area contributed by atoms with Gasteiger partial charge in [0.25, 0.3) is 11.7 Å². The minimum Gasteiger partial charge on any atom is -0.373 e. The zero-order valence-electron chi connectivity index (χ0n) is 10.9. The van der Waals surface area contributed by atoms with Crippen LogP contribution in [0.15, 0.2) is 12.1 Å². The number of fused-ring (bicyclic) bond motifs is 1. The van der Waals surface area contributed by atoms with Crippen molar-refractivity contribution in [2.45, 2.75) is 32.0 Å². The molecule has 1 amide bonds. The summed E-state index contributed by atoms with van der Waals surface area (Å²) < 4.78 is 5.71. The molecule has 2 aliphatic heterocycles. The van der Waals surface area contributed by atoms with Crippen LogP contribution >= 0.6 is 23.2 Å². The van der Waals surface area contributed by atoms with Crippen LogP contribution in [0.2, 0.25) is 10.0 Å². The highest BCUT2D eigenvalue weighted by Crippen LogP contribution is 2.40. The predicted molar refractivity (Wildman–Crippen MR) is 76.7 cm³/mol. The third kappa shape index (κ3) is 2.12. The normalized spacial score (nSPS) is 25.4. The molecule has 2 aliphatic rings. The molecule has 0 N–H and O–H groups in total. The lowest BCUT2D eigenvalue weighted by molar-refractivity contribution is -0.114. The first-order valence-corrected chi connectivity index (χ1v) is 7.24. The SMILES string of the molecule is CC1CCC(CN2C(=O)C(=O)c3c(Cl)ccc(Cl)c32)O1. The van der Waals surface area contributed by atoms with Gasteiger partial charge < -0.3 is 9.64 Å². The lowest BCUT2D eigenvalue weighted by atomic mass is 10.1. The van der Waals surface area contributed by atoms with Gasteiger partial charge in [0, 0.05) is 0 Å². The number of amides is 1. The summed E-state index contributed by atoms with van der Waals surface area (Å²) in [5.41, 5.74) is 0.618. The Morgan fingerprint density at radius 1 is 1.25 bits per heavy atom. The molecule has 0 aromatic heterocycles. The van der Waals surface area contributed by atoms with Gasteiger partial charge in [-0.2, -0.15) is 0 Å². The molecule has 2 heterocycles. The highest BCUT2D eigenvalue weighted by molar-refractivity contribution is 6.57. The number of ether oxygens (including phenoxy) is 1. The van der Waals surface area contributed by atoms with Crippen LogP contribution in [0.4, 0.5) is 5.69 Å². The topological polar surface area (TPSA) is 46.6 Å². The Labute approximate surface area is 126 Å². The zero-order valence-corrected chi connectivity index (χ0v) is 12.4. The van der Waals surface area contributed by atoms with E-state index in [9.17, 15) is 9.59 Å². The van der Waals surface area contributed by atoms with Crippen LogP contribution < -0.4 is 4.90 Å². The summed E-state index contributed by atoms with van der Waals surface area (Å²) in [6.07, 6.45) is 1.94. The first-order chi connectivity index (χ1) is 9.49. The summed E-state index contributed by atoms with van der Waals surface area (Å²) in [5.74, 6) is -1.18. The van der Waals surface area contributed by atoms with Gasteiger partial charge in [-0.15, -0.1) is 0 Å². The van der Waals surface area contributed by atoms with Crippen LogP contribution in [0.25, 0.3) is 0 Å². The molecule has 0 saturated carbocycles. The van der Waals surface area contributed by atoms with E-state index in [1.807, 2.05) is 6.92 Å². The second-order valence-corrected chi connectivity index (χ2v) is 5.96. The number of ketones is 1. The van der Waals surface area contributed by atoms with Crippen molar-refractivity contribution < 1.29 is 14.3 Å². The number of rotatable bonds is 2. The molecule has 2 unspecified atom stereocenters. The van der Waals surface area contributed by atoms with Crippen molar-refractivity contribution in [2.75, 3.05) is 11.4 Å². The lowest BCUT2D eigenvalue weighted by Crippen LogP contribution is -2.36. The molecule has 1 aromatic rings. The Morgan fingerprint density at radius 2 is 1.95 bits per heavy atom. The van der Waals surface area contributed by atoms with Crippen LogP contribution in [0.3, 0.4) is 0 Å². The van der Waals surface area contributed by atoms with Gasteiger partial charge >= 0.3 is 0 Å². The maximum Gasteiger partial charge on any atom is 0.299 e. The standard InChI is InChI=1S/C14H13Cl2NO3/c1-7-2-3-8(20-7)6-17-12-10(16)5-4-9(15)11(12)13(18)14(17)19/h4-5,7-8H,2-3,6H2,1H3. The number of carbonyl (C=O) groups is 2. The molecule has 0 spiro atoms. The molecule has 2 atom stereocenters. The number of halogens is 2. The number of Topliss-reactive ketones (excluding diaryl/α,β-unsaturated/α-hetero) is 1. The van der Waals surface area contributed by atoms with Crippen LogP contribution in [0.5, 0.6) is 0 Å². The van der Waals surface area contributed by atoms with E-state index in [1.54, 1.807) is 6.07 Å². The molecule has 1 fully saturated rings. The third-order valence-corrected chi connectivity index (χ3v) is 4.34. The Bertz CT molecular complexity index is 602. The number of hydrogen-bond donors (Lipinski definition) is 0. The Morgan fingerprint density at radius 3 is 2.60 bits per heavy atom. The number of carbonyl (C=O) groups excluding carboxylic acids is 2. The fourth-order valence-corrected chi connectivity index (χ4v) is 3.25. The van der Waals surface area contributed by atoms with E-state index >= 15 is 0 Å². The van der Waals surface area contributed by atoms with Crippen LogP contribution in [0.1, 0.15) is 30.1 Å². The van der Waals surface area contributed by atoms with Gasteiger partial charge in [0.05, 0.1) is 40.0 Å². The molecule has 1 aromatic carbocycles. The van der Waals surface area contributed by atoms with Crippen molar-refractivity contribution in [2.24, 2.45) is 0 Å². The molecule has 0 aliphatic carbocycles. The summed E-state index contributed by atoms with van der Waals surface area (Å²) >= 11 is 12.2. The van der Waals surface area contributed by atoms with Gasteiger partial charge in [0.1, 0.15) is 0 Å². The summed E-state index contributed by atoms with van der Waals surface area (Å²) in [4.78, 5) is 25.6. The van der Waals surface area contributed by atoms with Gasteiger partial charge in [-0.3, -0.25) is 9.59 Å². The van der Waals surface area contributed by atoms with Crippen molar-refractivity contribution >= 4 is 40.6 Å². The molecule has 3 rings (SSSR count). The minimum atomic E-state index is -0.599. The van der Waals surface area contributed by atoms with Gasteiger partial charge in [0.2, 0.25) is 0 Å². The first kappa shape index (κ1) is 13.9. The van der Waals surface area contributed by atoms with E-state index in [2.05, 4.69) is 0 Å². The smallest absolute Gasteiger partial charge is 0.299 e. The second-order valence-electron chi connectivity index (χ2n) is 5.14. The van der Waals surface area contributed by atoms with Crippen molar-refractivity contribution in [1.29, 1.82) is 0 Å². The van der Waals surface area contributed by atoms with Crippen LogP contribution in [0, 0.1) is 0 Å². The molecule has 0 bridgehead atoms. The molecular weight excluding hydrogens is 301 g/mol. The molecule has 20 heavy (non-hydrogen) atoms. The quantitative estimate of drug-likeness (QED) is 0.788. The number of benzene rings is 1. The van der Waals surface area contributed by atoms with E-state index in [0.717, 1.165) is 12.8 Å². The monoisotopic (exact) mass is 313 g/mol. The van der Waals surface area contributed by atoms with Crippen LogP contribution in [-0.4, -0.2) is 30.4 Å². The summed E-state index contributed by atoms with van der Waals surface area (Å²) in [6, 6.07) is 3.13. The molecular formula is C14H13Cl2NO3. The van der Waals surface area contributed by atoms with E-state index in [-0.39, 0.29) is 22.8 Å². The average Bonchev–Trinajstić information content (AvgIpc) is 2.92. The van der Waals surface area contributed by atoms with Crippen LogP contribution in [-0.2, 0) is 9.53 Å². The molecule has 1 saturated heterocycles. The number of nitrogens with zero attached hydrogens (tertiary/aromatic N) is 1. The summed E-state index contributed by atoms with van der Waals surface area (Å²) in [7, 11) is 0. The first-order valence-electron chi connectivity index (χ1n) is 6.48. The highest BCUT2D eigenvalue weighted by atomic mass is 35.5.